The molecular weight excluding hydrogens is 344 g/mol. The highest BCUT2D eigenvalue weighted by molar-refractivity contribution is 5.91. The molecule has 1 aliphatic rings. The molecule has 1 atom stereocenters. The van der Waals surface area contributed by atoms with Crippen molar-refractivity contribution in [2.45, 2.75) is 32.7 Å². The van der Waals surface area contributed by atoms with Gasteiger partial charge in [0.05, 0.1) is 6.04 Å². The Hall–Kier alpha value is -3.07. The number of carbonyl (C=O) groups is 1. The highest BCUT2D eigenvalue weighted by Gasteiger charge is 2.31. The molecule has 4 rings (SSSR count). The van der Waals surface area contributed by atoms with Gasteiger partial charge in [-0.25, -0.2) is 4.79 Å². The van der Waals surface area contributed by atoms with Gasteiger partial charge < -0.3 is 10.2 Å². The quantitative estimate of drug-likeness (QED) is 0.632. The average molecular weight is 370 g/mol. The second-order valence-electron chi connectivity index (χ2n) is 7.54. The summed E-state index contributed by atoms with van der Waals surface area (Å²) < 4.78 is 0. The smallest absolute Gasteiger partial charge is 0.317 e. The van der Waals surface area contributed by atoms with E-state index in [0.29, 0.717) is 0 Å². The molecule has 0 spiro atoms. The summed E-state index contributed by atoms with van der Waals surface area (Å²) in [5.74, 6) is 0. The fourth-order valence-electron chi connectivity index (χ4n) is 4.14. The van der Waals surface area contributed by atoms with Crippen molar-refractivity contribution in [3.05, 3.63) is 101 Å². The van der Waals surface area contributed by atoms with Crippen molar-refractivity contribution >= 4 is 11.7 Å². The van der Waals surface area contributed by atoms with Crippen LogP contribution in [0.2, 0.25) is 0 Å². The second kappa shape index (κ2) is 7.89. The summed E-state index contributed by atoms with van der Waals surface area (Å²) in [6, 6.07) is 25.1. The summed E-state index contributed by atoms with van der Waals surface area (Å²) in [6.45, 7) is 4.80. The maximum Gasteiger partial charge on any atom is 0.322 e. The van der Waals surface area contributed by atoms with E-state index >= 15 is 0 Å². The molecule has 1 aliphatic heterocycles. The van der Waals surface area contributed by atoms with Crippen LogP contribution in [0.15, 0.2) is 72.8 Å². The van der Waals surface area contributed by atoms with Crippen molar-refractivity contribution in [3.63, 3.8) is 0 Å². The monoisotopic (exact) mass is 370 g/mol. The zero-order valence-electron chi connectivity index (χ0n) is 16.5. The van der Waals surface area contributed by atoms with Gasteiger partial charge in [0.15, 0.2) is 0 Å². The van der Waals surface area contributed by atoms with Crippen LogP contribution in [0.1, 0.15) is 33.9 Å². The van der Waals surface area contributed by atoms with E-state index in [2.05, 4.69) is 53.8 Å². The van der Waals surface area contributed by atoms with Crippen LogP contribution in [0.25, 0.3) is 0 Å². The highest BCUT2D eigenvalue weighted by atomic mass is 16.2. The number of carbonyl (C=O) groups excluding carboxylic acids is 1. The standard InChI is InChI=1S/C25H26N2O/c1-18-9-8-10-19(2)24(18)26-25(28)27-16-15-21-13-6-7-14-22(21)23(27)17-20-11-4-3-5-12-20/h3-14,23H,15-17H2,1-2H3,(H,26,28)/t23-/m0/s1. The number of nitrogens with zero attached hydrogens (tertiary/aromatic N) is 1. The highest BCUT2D eigenvalue weighted by Crippen LogP contribution is 2.33. The molecule has 1 heterocycles. The molecule has 3 aromatic carbocycles. The Morgan fingerprint density at radius 1 is 0.929 bits per heavy atom. The Bertz CT molecular complexity index is 961. The Morgan fingerprint density at radius 2 is 1.61 bits per heavy atom. The molecule has 0 radical (unpaired) electrons. The SMILES string of the molecule is Cc1cccc(C)c1NC(=O)N1CCc2ccccc2[C@@H]1Cc1ccccc1. The molecule has 3 nitrogen and oxygen atoms in total. The lowest BCUT2D eigenvalue weighted by atomic mass is 9.89. The van der Waals surface area contributed by atoms with E-state index < -0.39 is 0 Å². The minimum atomic E-state index is -0.0205. The molecule has 0 aromatic heterocycles. The third-order valence-corrected chi connectivity index (χ3v) is 5.66. The average Bonchev–Trinajstić information content (AvgIpc) is 2.72. The predicted octanol–water partition coefficient (Wildman–Crippen LogP) is 5.68. The Balaban J connectivity index is 1.65. The van der Waals surface area contributed by atoms with Gasteiger partial charge in [-0.05, 0) is 54.5 Å². The molecule has 0 bridgehead atoms. The summed E-state index contributed by atoms with van der Waals surface area (Å²) in [5.41, 5.74) is 6.95. The van der Waals surface area contributed by atoms with Crippen molar-refractivity contribution in [3.8, 4) is 0 Å². The van der Waals surface area contributed by atoms with Gasteiger partial charge >= 0.3 is 6.03 Å². The van der Waals surface area contributed by atoms with Gasteiger partial charge in [-0.3, -0.25) is 0 Å². The van der Waals surface area contributed by atoms with Gasteiger partial charge in [0, 0.05) is 12.2 Å². The minimum Gasteiger partial charge on any atom is -0.317 e. The van der Waals surface area contributed by atoms with Crippen LogP contribution >= 0.6 is 0 Å². The molecule has 0 unspecified atom stereocenters. The zero-order chi connectivity index (χ0) is 19.5. The van der Waals surface area contributed by atoms with E-state index in [4.69, 9.17) is 0 Å². The Kier molecular flexibility index (Phi) is 5.16. The second-order valence-corrected chi connectivity index (χ2v) is 7.54. The lowest BCUT2D eigenvalue weighted by Gasteiger charge is -2.37. The molecule has 0 aliphatic carbocycles. The number of hydrogen-bond donors (Lipinski definition) is 1. The lowest BCUT2D eigenvalue weighted by Crippen LogP contribution is -2.43. The summed E-state index contributed by atoms with van der Waals surface area (Å²) in [6.07, 6.45) is 1.71. The van der Waals surface area contributed by atoms with Crippen molar-refractivity contribution in [2.75, 3.05) is 11.9 Å². The van der Waals surface area contributed by atoms with Gasteiger partial charge in [-0.1, -0.05) is 72.8 Å². The first kappa shape index (κ1) is 18.3. The fraction of sp³-hybridized carbons (Fsp3) is 0.240. The first-order valence-corrected chi connectivity index (χ1v) is 9.89. The van der Waals surface area contributed by atoms with E-state index in [0.717, 1.165) is 36.2 Å². The number of fused-ring (bicyclic) bond motifs is 1. The Labute approximate surface area is 167 Å². The number of para-hydroxylation sites is 1. The van der Waals surface area contributed by atoms with Crippen LogP contribution < -0.4 is 5.32 Å². The molecule has 142 valence electrons. The van der Waals surface area contributed by atoms with E-state index in [9.17, 15) is 4.79 Å². The topological polar surface area (TPSA) is 32.3 Å². The summed E-state index contributed by atoms with van der Waals surface area (Å²) in [7, 11) is 0. The van der Waals surface area contributed by atoms with Crippen LogP contribution in [0.3, 0.4) is 0 Å². The number of urea groups is 1. The van der Waals surface area contributed by atoms with E-state index in [1.54, 1.807) is 0 Å². The van der Waals surface area contributed by atoms with Gasteiger partial charge in [0.1, 0.15) is 0 Å². The molecule has 1 N–H and O–H groups in total. The third-order valence-electron chi connectivity index (χ3n) is 5.66. The number of benzene rings is 3. The predicted molar refractivity (Wildman–Crippen MR) is 115 cm³/mol. The van der Waals surface area contributed by atoms with Crippen LogP contribution in [0.5, 0.6) is 0 Å². The van der Waals surface area contributed by atoms with Crippen molar-refractivity contribution < 1.29 is 4.79 Å². The molecule has 0 saturated carbocycles. The molecule has 28 heavy (non-hydrogen) atoms. The third kappa shape index (κ3) is 3.65. The van der Waals surface area contributed by atoms with E-state index in [1.165, 1.54) is 16.7 Å². The van der Waals surface area contributed by atoms with Gasteiger partial charge in [0.2, 0.25) is 0 Å². The van der Waals surface area contributed by atoms with Crippen molar-refractivity contribution in [1.82, 2.24) is 4.90 Å². The number of rotatable bonds is 3. The molecule has 0 saturated heterocycles. The molecule has 3 heteroatoms. The number of hydrogen-bond acceptors (Lipinski definition) is 1. The minimum absolute atomic E-state index is 0.0205. The van der Waals surface area contributed by atoms with Gasteiger partial charge in [-0.15, -0.1) is 0 Å². The van der Waals surface area contributed by atoms with Crippen LogP contribution in [0, 0.1) is 13.8 Å². The van der Waals surface area contributed by atoms with Crippen LogP contribution in [-0.4, -0.2) is 17.5 Å². The van der Waals surface area contributed by atoms with Crippen LogP contribution in [0.4, 0.5) is 10.5 Å². The zero-order valence-corrected chi connectivity index (χ0v) is 16.5. The molecular formula is C25H26N2O. The lowest BCUT2D eigenvalue weighted by molar-refractivity contribution is 0.182. The maximum atomic E-state index is 13.3. The van der Waals surface area contributed by atoms with Gasteiger partial charge in [0.25, 0.3) is 0 Å². The molecule has 2 amide bonds. The van der Waals surface area contributed by atoms with Gasteiger partial charge in [-0.2, -0.15) is 0 Å². The van der Waals surface area contributed by atoms with Crippen molar-refractivity contribution in [1.29, 1.82) is 0 Å². The fourth-order valence-corrected chi connectivity index (χ4v) is 4.14. The van der Waals surface area contributed by atoms with E-state index in [1.807, 2.05) is 43.0 Å². The van der Waals surface area contributed by atoms with Crippen molar-refractivity contribution in [2.24, 2.45) is 0 Å². The largest absolute Gasteiger partial charge is 0.322 e. The van der Waals surface area contributed by atoms with E-state index in [-0.39, 0.29) is 12.1 Å². The summed E-state index contributed by atoms with van der Waals surface area (Å²) >= 11 is 0. The molecule has 3 aromatic rings. The number of aryl methyl sites for hydroxylation is 2. The Morgan fingerprint density at radius 3 is 2.36 bits per heavy atom. The normalized spacial score (nSPS) is 15.8. The number of anilines is 1. The summed E-state index contributed by atoms with van der Waals surface area (Å²) in [5, 5.41) is 3.18. The number of nitrogens with one attached hydrogen (secondary N) is 1. The molecule has 0 fully saturated rings. The first-order chi connectivity index (χ1) is 13.6. The summed E-state index contributed by atoms with van der Waals surface area (Å²) in [4.78, 5) is 15.3. The first-order valence-electron chi connectivity index (χ1n) is 9.89. The maximum absolute atomic E-state index is 13.3. The van der Waals surface area contributed by atoms with Crippen LogP contribution in [-0.2, 0) is 12.8 Å². The number of amides is 2.